The second kappa shape index (κ2) is 6.23. The molecule has 1 aromatic rings. The molecule has 0 aromatic heterocycles. The van der Waals surface area contributed by atoms with E-state index in [1.54, 1.807) is 0 Å². The first-order chi connectivity index (χ1) is 7.20. The fourth-order valence-corrected chi connectivity index (χ4v) is 1.82. The number of benzene rings is 1. The molecule has 0 spiro atoms. The first kappa shape index (κ1) is 12.6. The number of nitrogens with one attached hydrogen (secondary N) is 1. The zero-order valence-electron chi connectivity index (χ0n) is 8.65. The molecule has 0 bridgehead atoms. The van der Waals surface area contributed by atoms with Crippen LogP contribution in [0.5, 0.6) is 0 Å². The van der Waals surface area contributed by atoms with E-state index in [4.69, 9.17) is 0 Å². The van der Waals surface area contributed by atoms with Gasteiger partial charge in [0.25, 0.3) is 0 Å². The summed E-state index contributed by atoms with van der Waals surface area (Å²) in [6, 6.07) is 7.56. The van der Waals surface area contributed by atoms with E-state index in [1.807, 2.05) is 31.3 Å². The first-order valence-corrected chi connectivity index (χ1v) is 5.97. The molecule has 0 amide bonds. The van der Waals surface area contributed by atoms with Gasteiger partial charge in [0.05, 0.1) is 6.10 Å². The maximum Gasteiger partial charge on any atom is 0.106 e. The van der Waals surface area contributed by atoms with Crippen LogP contribution in [0.15, 0.2) is 24.3 Å². The van der Waals surface area contributed by atoms with E-state index < -0.39 is 12.2 Å². The highest BCUT2D eigenvalue weighted by Crippen LogP contribution is 2.22. The van der Waals surface area contributed by atoms with Crippen molar-refractivity contribution in [3.05, 3.63) is 35.4 Å². The molecule has 15 heavy (non-hydrogen) atoms. The maximum atomic E-state index is 9.89. The van der Waals surface area contributed by atoms with Gasteiger partial charge in [-0.15, -0.1) is 0 Å². The van der Waals surface area contributed by atoms with Crippen molar-refractivity contribution in [2.45, 2.75) is 18.8 Å². The van der Waals surface area contributed by atoms with Crippen molar-refractivity contribution >= 4 is 15.9 Å². The molecule has 0 saturated carbocycles. The van der Waals surface area contributed by atoms with E-state index in [9.17, 15) is 10.2 Å². The molecular formula is C11H16BrNO2. The summed E-state index contributed by atoms with van der Waals surface area (Å²) in [5, 5.41) is 22.8. The Balaban J connectivity index is 2.91. The van der Waals surface area contributed by atoms with Crippen molar-refractivity contribution in [2.24, 2.45) is 0 Å². The lowest BCUT2D eigenvalue weighted by Gasteiger charge is -2.19. The minimum atomic E-state index is -0.839. The van der Waals surface area contributed by atoms with E-state index >= 15 is 0 Å². The van der Waals surface area contributed by atoms with Gasteiger partial charge in [0, 0.05) is 11.9 Å². The van der Waals surface area contributed by atoms with Crippen molar-refractivity contribution < 1.29 is 10.2 Å². The van der Waals surface area contributed by atoms with Gasteiger partial charge >= 0.3 is 0 Å². The molecule has 3 N–H and O–H groups in total. The highest BCUT2D eigenvalue weighted by atomic mass is 79.9. The lowest BCUT2D eigenvalue weighted by molar-refractivity contribution is 0.0337. The van der Waals surface area contributed by atoms with Gasteiger partial charge in [-0.25, -0.2) is 0 Å². The van der Waals surface area contributed by atoms with E-state index in [1.165, 1.54) is 0 Å². The van der Waals surface area contributed by atoms with E-state index in [2.05, 4.69) is 21.2 Å². The summed E-state index contributed by atoms with van der Waals surface area (Å²) in [6.07, 6.45) is -1.61. The first-order valence-electron chi connectivity index (χ1n) is 4.85. The molecule has 2 unspecified atom stereocenters. The minimum Gasteiger partial charge on any atom is -0.389 e. The van der Waals surface area contributed by atoms with Gasteiger partial charge in [0.2, 0.25) is 0 Å². The maximum absolute atomic E-state index is 9.89. The second-order valence-corrected chi connectivity index (χ2v) is 4.04. The average Bonchev–Trinajstić information content (AvgIpc) is 2.28. The smallest absolute Gasteiger partial charge is 0.106 e. The Morgan fingerprint density at radius 3 is 2.60 bits per heavy atom. The summed E-state index contributed by atoms with van der Waals surface area (Å²) in [5.74, 6) is 0. The number of hydrogen-bond donors (Lipinski definition) is 3. The number of rotatable bonds is 5. The summed E-state index contributed by atoms with van der Waals surface area (Å²) in [6.45, 7) is 0.683. The van der Waals surface area contributed by atoms with Gasteiger partial charge < -0.3 is 15.5 Å². The van der Waals surface area contributed by atoms with Crippen molar-refractivity contribution in [3.8, 4) is 0 Å². The van der Waals surface area contributed by atoms with Gasteiger partial charge in [-0.05, 0) is 18.2 Å². The van der Waals surface area contributed by atoms with Crippen molar-refractivity contribution in [1.29, 1.82) is 0 Å². The SMILES string of the molecule is CNCc1ccccc1C(O)C(O)CBr. The van der Waals surface area contributed by atoms with Crippen LogP contribution in [0.1, 0.15) is 17.2 Å². The van der Waals surface area contributed by atoms with Crippen LogP contribution in [-0.2, 0) is 6.54 Å². The molecule has 3 nitrogen and oxygen atoms in total. The summed E-state index contributed by atoms with van der Waals surface area (Å²) in [5.41, 5.74) is 1.78. The fourth-order valence-electron chi connectivity index (χ4n) is 1.47. The van der Waals surface area contributed by atoms with Crippen LogP contribution in [0, 0.1) is 0 Å². The predicted octanol–water partition coefficient (Wildman–Crippen LogP) is 1.20. The van der Waals surface area contributed by atoms with E-state index in [0.29, 0.717) is 11.9 Å². The Labute approximate surface area is 98.3 Å². The Bertz CT molecular complexity index is 306. The van der Waals surface area contributed by atoms with E-state index in [0.717, 1.165) is 11.1 Å². The van der Waals surface area contributed by atoms with Crippen LogP contribution in [0.4, 0.5) is 0 Å². The van der Waals surface area contributed by atoms with Crippen LogP contribution < -0.4 is 5.32 Å². The number of aliphatic hydroxyl groups is 2. The summed E-state index contributed by atoms with van der Waals surface area (Å²) in [7, 11) is 1.85. The lowest BCUT2D eigenvalue weighted by Crippen LogP contribution is -2.21. The fraction of sp³-hybridized carbons (Fsp3) is 0.455. The average molecular weight is 274 g/mol. The molecule has 0 aliphatic carbocycles. The van der Waals surface area contributed by atoms with Gasteiger partial charge in [-0.3, -0.25) is 0 Å². The third kappa shape index (κ3) is 3.28. The molecule has 1 aromatic carbocycles. The third-order valence-corrected chi connectivity index (χ3v) is 2.93. The summed E-state index contributed by atoms with van der Waals surface area (Å²) >= 11 is 3.15. The van der Waals surface area contributed by atoms with Crippen molar-refractivity contribution in [2.75, 3.05) is 12.4 Å². The molecule has 2 atom stereocenters. The molecule has 0 fully saturated rings. The number of halogens is 1. The minimum absolute atomic E-state index is 0.363. The molecule has 84 valence electrons. The standard InChI is InChI=1S/C11H16BrNO2/c1-13-7-8-4-2-3-5-9(8)11(15)10(14)6-12/h2-5,10-11,13-15H,6-7H2,1H3. The molecule has 1 rings (SSSR count). The van der Waals surface area contributed by atoms with Crippen LogP contribution in [0.2, 0.25) is 0 Å². The highest BCUT2D eigenvalue weighted by Gasteiger charge is 2.19. The molecule has 0 aliphatic rings. The topological polar surface area (TPSA) is 52.5 Å². The van der Waals surface area contributed by atoms with Crippen LogP contribution >= 0.6 is 15.9 Å². The van der Waals surface area contributed by atoms with Gasteiger partial charge in [-0.1, -0.05) is 40.2 Å². The van der Waals surface area contributed by atoms with Crippen molar-refractivity contribution in [1.82, 2.24) is 5.32 Å². The monoisotopic (exact) mass is 273 g/mol. The normalized spacial score (nSPS) is 14.9. The molecular weight excluding hydrogens is 258 g/mol. The van der Waals surface area contributed by atoms with Crippen LogP contribution in [-0.4, -0.2) is 28.7 Å². The third-order valence-electron chi connectivity index (χ3n) is 2.26. The molecule has 0 aliphatic heterocycles. The van der Waals surface area contributed by atoms with Gasteiger partial charge in [-0.2, -0.15) is 0 Å². The van der Waals surface area contributed by atoms with Crippen LogP contribution in [0.25, 0.3) is 0 Å². The number of hydrogen-bond acceptors (Lipinski definition) is 3. The summed E-state index contributed by atoms with van der Waals surface area (Å²) in [4.78, 5) is 0. The Hall–Kier alpha value is -0.420. The molecule has 0 heterocycles. The zero-order valence-corrected chi connectivity index (χ0v) is 10.2. The Kier molecular flexibility index (Phi) is 5.25. The second-order valence-electron chi connectivity index (χ2n) is 3.40. The quantitative estimate of drug-likeness (QED) is 0.707. The number of alkyl halides is 1. The number of aliphatic hydroxyl groups excluding tert-OH is 2. The zero-order chi connectivity index (χ0) is 11.3. The van der Waals surface area contributed by atoms with Gasteiger partial charge in [0.1, 0.15) is 6.10 Å². The van der Waals surface area contributed by atoms with Crippen LogP contribution in [0.3, 0.4) is 0 Å². The Morgan fingerprint density at radius 1 is 1.33 bits per heavy atom. The molecule has 0 saturated heterocycles. The largest absolute Gasteiger partial charge is 0.389 e. The van der Waals surface area contributed by atoms with Crippen molar-refractivity contribution in [3.63, 3.8) is 0 Å². The predicted molar refractivity (Wildman–Crippen MR) is 64.0 cm³/mol. The summed E-state index contributed by atoms with van der Waals surface area (Å²) < 4.78 is 0. The molecule has 4 heteroatoms. The highest BCUT2D eigenvalue weighted by molar-refractivity contribution is 9.09. The lowest BCUT2D eigenvalue weighted by atomic mass is 9.99. The molecule has 0 radical (unpaired) electrons. The van der Waals surface area contributed by atoms with E-state index in [-0.39, 0.29) is 0 Å². The van der Waals surface area contributed by atoms with Gasteiger partial charge in [0.15, 0.2) is 0 Å². The Morgan fingerprint density at radius 2 is 2.00 bits per heavy atom.